The summed E-state index contributed by atoms with van der Waals surface area (Å²) in [5.41, 5.74) is 0. The largest absolute Gasteiger partial charge is 0.488 e. The van der Waals surface area contributed by atoms with E-state index in [1.165, 1.54) is 12.1 Å². The van der Waals surface area contributed by atoms with E-state index in [2.05, 4.69) is 0 Å². The van der Waals surface area contributed by atoms with Crippen molar-refractivity contribution in [2.24, 2.45) is 0 Å². The quantitative estimate of drug-likeness (QED) is 0.488. The van der Waals surface area contributed by atoms with Crippen molar-refractivity contribution in [2.45, 2.75) is 11.3 Å². The molecule has 0 atom stereocenters. The molecule has 1 rings (SSSR count). The predicted octanol–water partition coefficient (Wildman–Crippen LogP) is 3.35. The van der Waals surface area contributed by atoms with Crippen LogP contribution in [0.25, 0.3) is 0 Å². The standard InChI is InChI=1S/C12H15Cl3O5S/c1-18-3-2-4-19-5-6-20-12-10(13)7-9(8-11(12)14)21(15,16)17/h7-8H,2-6H2,1H3. The first kappa shape index (κ1) is 18.8. The average molecular weight is 378 g/mol. The van der Waals surface area contributed by atoms with Crippen LogP contribution in [0, 0.1) is 0 Å². The van der Waals surface area contributed by atoms with Crippen LogP contribution in [-0.4, -0.2) is 42.0 Å². The average Bonchev–Trinajstić information content (AvgIpc) is 2.39. The Balaban J connectivity index is 2.53. The van der Waals surface area contributed by atoms with Gasteiger partial charge < -0.3 is 14.2 Å². The molecule has 21 heavy (non-hydrogen) atoms. The first-order chi connectivity index (χ1) is 9.86. The molecule has 5 nitrogen and oxygen atoms in total. The van der Waals surface area contributed by atoms with Crippen LogP contribution in [0.2, 0.25) is 10.0 Å². The molecular weight excluding hydrogens is 363 g/mol. The normalized spacial score (nSPS) is 11.6. The van der Waals surface area contributed by atoms with Crippen molar-refractivity contribution in [3.05, 3.63) is 22.2 Å². The maximum absolute atomic E-state index is 11.2. The van der Waals surface area contributed by atoms with Crippen LogP contribution in [-0.2, 0) is 18.5 Å². The van der Waals surface area contributed by atoms with Gasteiger partial charge >= 0.3 is 0 Å². The highest BCUT2D eigenvalue weighted by molar-refractivity contribution is 8.13. The van der Waals surface area contributed by atoms with Gasteiger partial charge in [0.2, 0.25) is 0 Å². The maximum atomic E-state index is 11.2. The van der Waals surface area contributed by atoms with Crippen molar-refractivity contribution in [2.75, 3.05) is 33.5 Å². The van der Waals surface area contributed by atoms with Gasteiger partial charge in [-0.15, -0.1) is 0 Å². The lowest BCUT2D eigenvalue weighted by molar-refractivity contribution is 0.0807. The fraction of sp³-hybridized carbons (Fsp3) is 0.500. The predicted molar refractivity (Wildman–Crippen MR) is 82.3 cm³/mol. The Morgan fingerprint density at radius 3 is 2.19 bits per heavy atom. The highest BCUT2D eigenvalue weighted by Crippen LogP contribution is 2.36. The molecule has 0 spiro atoms. The molecule has 0 saturated heterocycles. The van der Waals surface area contributed by atoms with Gasteiger partial charge in [-0.3, -0.25) is 0 Å². The van der Waals surface area contributed by atoms with E-state index in [0.717, 1.165) is 6.42 Å². The van der Waals surface area contributed by atoms with E-state index >= 15 is 0 Å². The zero-order valence-electron chi connectivity index (χ0n) is 11.3. The summed E-state index contributed by atoms with van der Waals surface area (Å²) in [5.74, 6) is 0.197. The number of rotatable bonds is 9. The molecule has 1 aromatic rings. The summed E-state index contributed by atoms with van der Waals surface area (Å²) < 4.78 is 38.0. The fourth-order valence-corrected chi connectivity index (χ4v) is 2.94. The van der Waals surface area contributed by atoms with Crippen LogP contribution >= 0.6 is 33.9 Å². The summed E-state index contributed by atoms with van der Waals surface area (Å²) in [6.07, 6.45) is 0.792. The summed E-state index contributed by atoms with van der Waals surface area (Å²) in [7, 11) is 2.96. The zero-order chi connectivity index (χ0) is 15.9. The molecule has 0 fully saturated rings. The molecule has 0 aromatic heterocycles. The Morgan fingerprint density at radius 1 is 1.05 bits per heavy atom. The molecule has 0 heterocycles. The number of halogens is 3. The van der Waals surface area contributed by atoms with Crippen molar-refractivity contribution in [3.8, 4) is 5.75 Å². The third kappa shape index (κ3) is 6.59. The zero-order valence-corrected chi connectivity index (χ0v) is 14.4. The SMILES string of the molecule is COCCCOCCOc1c(Cl)cc(S(=O)(=O)Cl)cc1Cl. The van der Waals surface area contributed by atoms with Crippen molar-refractivity contribution in [1.29, 1.82) is 0 Å². The molecule has 0 aliphatic carbocycles. The Kier molecular flexibility index (Phi) is 8.08. The van der Waals surface area contributed by atoms with Gasteiger partial charge in [0.25, 0.3) is 9.05 Å². The van der Waals surface area contributed by atoms with E-state index in [-0.39, 0.29) is 27.3 Å². The van der Waals surface area contributed by atoms with Gasteiger partial charge in [-0.2, -0.15) is 0 Å². The minimum absolute atomic E-state index is 0.0705. The first-order valence-corrected chi connectivity index (χ1v) is 9.06. The van der Waals surface area contributed by atoms with E-state index in [1.54, 1.807) is 7.11 Å². The minimum atomic E-state index is -3.89. The van der Waals surface area contributed by atoms with Crippen LogP contribution in [0.4, 0.5) is 0 Å². The van der Waals surface area contributed by atoms with E-state index in [1.807, 2.05) is 0 Å². The second kappa shape index (κ2) is 9.02. The minimum Gasteiger partial charge on any atom is -0.488 e. The van der Waals surface area contributed by atoms with Gasteiger partial charge in [0.05, 0.1) is 21.5 Å². The molecule has 0 amide bonds. The number of benzene rings is 1. The number of hydrogen-bond acceptors (Lipinski definition) is 5. The fourth-order valence-electron chi connectivity index (χ4n) is 1.43. The molecule has 0 unspecified atom stereocenters. The van der Waals surface area contributed by atoms with E-state index in [0.29, 0.717) is 19.8 Å². The summed E-state index contributed by atoms with van der Waals surface area (Å²) in [6.45, 7) is 1.78. The molecular formula is C12H15Cl3O5S. The van der Waals surface area contributed by atoms with Crippen molar-refractivity contribution >= 4 is 42.9 Å². The van der Waals surface area contributed by atoms with Gasteiger partial charge in [-0.05, 0) is 18.6 Å². The van der Waals surface area contributed by atoms with Crippen LogP contribution < -0.4 is 4.74 Å². The van der Waals surface area contributed by atoms with Gasteiger partial charge in [0.1, 0.15) is 6.61 Å². The summed E-state index contributed by atoms with van der Waals surface area (Å²) in [5, 5.41) is 0.141. The van der Waals surface area contributed by atoms with E-state index < -0.39 is 9.05 Å². The Labute approximate surface area is 138 Å². The number of methoxy groups -OCH3 is 1. The van der Waals surface area contributed by atoms with Crippen molar-refractivity contribution < 1.29 is 22.6 Å². The molecule has 0 aliphatic rings. The molecule has 0 aliphatic heterocycles. The second-order valence-electron chi connectivity index (χ2n) is 3.96. The smallest absolute Gasteiger partial charge is 0.261 e. The first-order valence-electron chi connectivity index (χ1n) is 5.99. The van der Waals surface area contributed by atoms with E-state index in [9.17, 15) is 8.42 Å². The van der Waals surface area contributed by atoms with Gasteiger partial charge in [0, 0.05) is 31.0 Å². The number of ether oxygens (including phenoxy) is 3. The molecule has 1 aromatic carbocycles. The third-order valence-electron chi connectivity index (χ3n) is 2.36. The number of hydrogen-bond donors (Lipinski definition) is 0. The van der Waals surface area contributed by atoms with Crippen LogP contribution in [0.3, 0.4) is 0 Å². The van der Waals surface area contributed by atoms with Gasteiger partial charge in [-0.25, -0.2) is 8.42 Å². The Bertz CT molecular complexity index is 539. The second-order valence-corrected chi connectivity index (χ2v) is 7.34. The monoisotopic (exact) mass is 376 g/mol. The summed E-state index contributed by atoms with van der Waals surface area (Å²) >= 11 is 11.9. The topological polar surface area (TPSA) is 61.8 Å². The van der Waals surface area contributed by atoms with Crippen LogP contribution in [0.5, 0.6) is 5.75 Å². The highest BCUT2D eigenvalue weighted by atomic mass is 35.7. The lowest BCUT2D eigenvalue weighted by atomic mass is 10.3. The lowest BCUT2D eigenvalue weighted by Crippen LogP contribution is -2.09. The van der Waals surface area contributed by atoms with Gasteiger partial charge in [-0.1, -0.05) is 23.2 Å². The van der Waals surface area contributed by atoms with Crippen molar-refractivity contribution in [3.63, 3.8) is 0 Å². The van der Waals surface area contributed by atoms with Crippen LogP contribution in [0.1, 0.15) is 6.42 Å². The molecule has 0 radical (unpaired) electrons. The Morgan fingerprint density at radius 2 is 1.67 bits per heavy atom. The summed E-state index contributed by atoms with van der Waals surface area (Å²) in [6, 6.07) is 2.37. The third-order valence-corrected chi connectivity index (χ3v) is 4.26. The molecule has 0 bridgehead atoms. The Hall–Kier alpha value is -0.240. The summed E-state index contributed by atoms with van der Waals surface area (Å²) in [4.78, 5) is -0.178. The molecule has 0 N–H and O–H groups in total. The molecule has 0 saturated carbocycles. The van der Waals surface area contributed by atoms with E-state index in [4.69, 9.17) is 48.1 Å². The molecule has 120 valence electrons. The van der Waals surface area contributed by atoms with Crippen LogP contribution in [0.15, 0.2) is 17.0 Å². The maximum Gasteiger partial charge on any atom is 0.261 e. The van der Waals surface area contributed by atoms with Gasteiger partial charge in [0.15, 0.2) is 5.75 Å². The highest BCUT2D eigenvalue weighted by Gasteiger charge is 2.16. The molecule has 9 heteroatoms. The van der Waals surface area contributed by atoms with Crippen molar-refractivity contribution in [1.82, 2.24) is 0 Å². The lowest BCUT2D eigenvalue weighted by Gasteiger charge is -2.11.